The summed E-state index contributed by atoms with van der Waals surface area (Å²) in [6.45, 7) is 6.49. The summed E-state index contributed by atoms with van der Waals surface area (Å²) < 4.78 is 0. The average molecular weight is 220 g/mol. The third-order valence-electron chi connectivity index (χ3n) is 2.15. The average Bonchev–Trinajstić information content (AvgIpc) is 2.03. The van der Waals surface area contributed by atoms with Crippen LogP contribution in [0.5, 0.6) is 0 Å². The lowest BCUT2D eigenvalue weighted by Gasteiger charge is -2.13. The van der Waals surface area contributed by atoms with Gasteiger partial charge in [-0.25, -0.2) is 0 Å². The van der Waals surface area contributed by atoms with Crippen molar-refractivity contribution in [2.45, 2.75) is 52.5 Å². The highest BCUT2D eigenvalue weighted by atomic mass is 35.5. The van der Waals surface area contributed by atoms with Crippen LogP contribution in [0.15, 0.2) is 0 Å². The topological polar surface area (TPSA) is 29.1 Å². The quantitative estimate of drug-likeness (QED) is 0.656. The molecule has 0 aliphatic heterocycles. The molecule has 0 heterocycles. The first-order valence-corrected chi connectivity index (χ1v) is 5.95. The van der Waals surface area contributed by atoms with Crippen LogP contribution in [0, 0.1) is 5.92 Å². The Morgan fingerprint density at radius 3 is 2.43 bits per heavy atom. The Hall–Kier alpha value is -0.240. The predicted molar refractivity (Wildman–Crippen MR) is 61.6 cm³/mol. The van der Waals surface area contributed by atoms with E-state index in [9.17, 15) is 4.79 Å². The molecule has 0 saturated carbocycles. The Kier molecular flexibility index (Phi) is 7.96. The summed E-state index contributed by atoms with van der Waals surface area (Å²) in [5.41, 5.74) is 0. The van der Waals surface area contributed by atoms with Crippen LogP contribution in [0.4, 0.5) is 0 Å². The van der Waals surface area contributed by atoms with E-state index in [1.165, 1.54) is 12.8 Å². The largest absolute Gasteiger partial charge is 0.354 e. The van der Waals surface area contributed by atoms with Crippen LogP contribution in [0.2, 0.25) is 0 Å². The zero-order valence-electron chi connectivity index (χ0n) is 9.48. The van der Waals surface area contributed by atoms with Crippen LogP contribution in [0.25, 0.3) is 0 Å². The fourth-order valence-corrected chi connectivity index (χ4v) is 1.51. The molecule has 1 amide bonds. The molecule has 0 unspecified atom stereocenters. The molecule has 0 aromatic heterocycles. The van der Waals surface area contributed by atoms with E-state index in [0.29, 0.717) is 12.3 Å². The Morgan fingerprint density at radius 1 is 1.29 bits per heavy atom. The molecule has 0 spiro atoms. The minimum absolute atomic E-state index is 0.0667. The number of alkyl halides is 1. The Balaban J connectivity index is 3.44. The zero-order chi connectivity index (χ0) is 11.0. The minimum Gasteiger partial charge on any atom is -0.354 e. The van der Waals surface area contributed by atoms with E-state index in [2.05, 4.69) is 19.2 Å². The van der Waals surface area contributed by atoms with Crippen LogP contribution in [0.1, 0.15) is 46.5 Å². The molecule has 1 N–H and O–H groups in total. The Bertz CT molecular complexity index is 159. The maximum Gasteiger partial charge on any atom is 0.221 e. The molecule has 0 radical (unpaired) electrons. The van der Waals surface area contributed by atoms with Crippen LogP contribution in [-0.2, 0) is 4.79 Å². The third kappa shape index (κ3) is 8.36. The summed E-state index contributed by atoms with van der Waals surface area (Å²) in [6.07, 6.45) is 3.90. The standard InChI is InChI=1S/C11H22ClNO/c1-9(2)5-4-6-10(3)13-11(14)7-8-12/h9-10H,4-8H2,1-3H3,(H,13,14)/t10-/m1/s1. The normalized spacial score (nSPS) is 12.9. The van der Waals surface area contributed by atoms with Crippen LogP contribution < -0.4 is 5.32 Å². The summed E-state index contributed by atoms with van der Waals surface area (Å²) >= 11 is 5.46. The van der Waals surface area contributed by atoms with Crippen molar-refractivity contribution in [2.75, 3.05) is 5.88 Å². The van der Waals surface area contributed by atoms with Crippen molar-refractivity contribution >= 4 is 17.5 Å². The van der Waals surface area contributed by atoms with Gasteiger partial charge in [-0.1, -0.05) is 26.7 Å². The van der Waals surface area contributed by atoms with Crippen molar-refractivity contribution in [1.29, 1.82) is 0 Å². The molecule has 0 aromatic rings. The number of carbonyl (C=O) groups is 1. The second kappa shape index (κ2) is 8.10. The SMILES string of the molecule is CC(C)CCC[C@@H](C)NC(=O)CCCl. The number of nitrogens with one attached hydrogen (secondary N) is 1. The maximum atomic E-state index is 11.2. The summed E-state index contributed by atoms with van der Waals surface area (Å²) in [5, 5.41) is 2.93. The van der Waals surface area contributed by atoms with E-state index in [0.717, 1.165) is 12.3 Å². The summed E-state index contributed by atoms with van der Waals surface area (Å²) in [7, 11) is 0. The van der Waals surface area contributed by atoms with Gasteiger partial charge in [-0.3, -0.25) is 4.79 Å². The van der Waals surface area contributed by atoms with Gasteiger partial charge in [0.2, 0.25) is 5.91 Å². The Morgan fingerprint density at radius 2 is 1.93 bits per heavy atom. The van der Waals surface area contributed by atoms with Crippen molar-refractivity contribution in [2.24, 2.45) is 5.92 Å². The number of hydrogen-bond acceptors (Lipinski definition) is 1. The lowest BCUT2D eigenvalue weighted by Crippen LogP contribution is -2.32. The van der Waals surface area contributed by atoms with Gasteiger partial charge < -0.3 is 5.32 Å². The summed E-state index contributed by atoms with van der Waals surface area (Å²) in [4.78, 5) is 11.2. The van der Waals surface area contributed by atoms with E-state index in [1.54, 1.807) is 0 Å². The van der Waals surface area contributed by atoms with Crippen molar-refractivity contribution in [3.05, 3.63) is 0 Å². The molecular weight excluding hydrogens is 198 g/mol. The molecule has 0 bridgehead atoms. The van der Waals surface area contributed by atoms with Gasteiger partial charge >= 0.3 is 0 Å². The molecule has 0 aliphatic rings. The van der Waals surface area contributed by atoms with E-state index in [1.807, 2.05) is 6.92 Å². The van der Waals surface area contributed by atoms with Crippen LogP contribution in [-0.4, -0.2) is 17.8 Å². The predicted octanol–water partition coefficient (Wildman–Crippen LogP) is 2.95. The summed E-state index contributed by atoms with van der Waals surface area (Å²) in [5.74, 6) is 1.22. The van der Waals surface area contributed by atoms with E-state index < -0.39 is 0 Å². The van der Waals surface area contributed by atoms with Crippen molar-refractivity contribution in [3.63, 3.8) is 0 Å². The van der Waals surface area contributed by atoms with Gasteiger partial charge in [0.1, 0.15) is 0 Å². The number of halogens is 1. The van der Waals surface area contributed by atoms with Gasteiger partial charge in [0, 0.05) is 18.3 Å². The van der Waals surface area contributed by atoms with Gasteiger partial charge in [-0.2, -0.15) is 0 Å². The summed E-state index contributed by atoms with van der Waals surface area (Å²) in [6, 6.07) is 0.282. The van der Waals surface area contributed by atoms with Gasteiger partial charge in [0.05, 0.1) is 0 Å². The molecule has 0 rings (SSSR count). The first-order chi connectivity index (χ1) is 6.56. The van der Waals surface area contributed by atoms with Crippen LogP contribution >= 0.6 is 11.6 Å². The highest BCUT2D eigenvalue weighted by Gasteiger charge is 2.06. The molecule has 14 heavy (non-hydrogen) atoms. The van der Waals surface area contributed by atoms with Crippen molar-refractivity contribution < 1.29 is 4.79 Å². The number of rotatable bonds is 7. The fourth-order valence-electron chi connectivity index (χ4n) is 1.34. The first kappa shape index (κ1) is 13.8. The molecule has 0 aromatic carbocycles. The third-order valence-corrected chi connectivity index (χ3v) is 2.34. The second-order valence-corrected chi connectivity index (χ2v) is 4.61. The molecule has 2 nitrogen and oxygen atoms in total. The fraction of sp³-hybridized carbons (Fsp3) is 0.909. The lowest BCUT2D eigenvalue weighted by atomic mass is 10.0. The van der Waals surface area contributed by atoms with E-state index >= 15 is 0 Å². The van der Waals surface area contributed by atoms with Gasteiger partial charge in [0.15, 0.2) is 0 Å². The molecular formula is C11H22ClNO. The Labute approximate surface area is 92.4 Å². The maximum absolute atomic E-state index is 11.2. The van der Waals surface area contributed by atoms with E-state index in [-0.39, 0.29) is 11.9 Å². The molecule has 0 saturated heterocycles. The molecule has 3 heteroatoms. The van der Waals surface area contributed by atoms with Crippen molar-refractivity contribution in [1.82, 2.24) is 5.32 Å². The molecule has 84 valence electrons. The van der Waals surface area contributed by atoms with Gasteiger partial charge in [-0.15, -0.1) is 11.6 Å². The van der Waals surface area contributed by atoms with Gasteiger partial charge in [-0.05, 0) is 19.3 Å². The van der Waals surface area contributed by atoms with Crippen molar-refractivity contribution in [3.8, 4) is 0 Å². The van der Waals surface area contributed by atoms with E-state index in [4.69, 9.17) is 11.6 Å². The first-order valence-electron chi connectivity index (χ1n) is 5.41. The highest BCUT2D eigenvalue weighted by molar-refractivity contribution is 6.18. The second-order valence-electron chi connectivity index (χ2n) is 4.23. The smallest absolute Gasteiger partial charge is 0.221 e. The number of hydrogen-bond donors (Lipinski definition) is 1. The minimum atomic E-state index is 0.0667. The molecule has 1 atom stereocenters. The highest BCUT2D eigenvalue weighted by Crippen LogP contribution is 2.08. The molecule has 0 fully saturated rings. The number of amides is 1. The monoisotopic (exact) mass is 219 g/mol. The van der Waals surface area contributed by atoms with Crippen LogP contribution in [0.3, 0.4) is 0 Å². The molecule has 0 aliphatic carbocycles. The lowest BCUT2D eigenvalue weighted by molar-refractivity contribution is -0.121. The van der Waals surface area contributed by atoms with Gasteiger partial charge in [0.25, 0.3) is 0 Å². The number of carbonyl (C=O) groups excluding carboxylic acids is 1. The zero-order valence-corrected chi connectivity index (χ0v) is 10.2.